The lowest BCUT2D eigenvalue weighted by atomic mass is 9.82. The van der Waals surface area contributed by atoms with Crippen LogP contribution in [0.1, 0.15) is 47.5 Å². The van der Waals surface area contributed by atoms with Crippen LogP contribution in [0.5, 0.6) is 0 Å². The van der Waals surface area contributed by atoms with E-state index in [1.807, 2.05) is 0 Å². The van der Waals surface area contributed by atoms with Gasteiger partial charge in [-0.2, -0.15) is 0 Å². The van der Waals surface area contributed by atoms with E-state index in [0.717, 1.165) is 12.0 Å². The Kier molecular flexibility index (Phi) is 3.13. The van der Waals surface area contributed by atoms with Crippen molar-refractivity contribution in [2.75, 3.05) is 0 Å². The lowest BCUT2D eigenvalue weighted by Gasteiger charge is -2.29. The molecule has 0 radical (unpaired) electrons. The molecule has 1 aromatic rings. The minimum atomic E-state index is -2.58. The predicted octanol–water partition coefficient (Wildman–Crippen LogP) is 3.68. The van der Waals surface area contributed by atoms with Crippen LogP contribution in [0, 0.1) is 0 Å². The molecule has 1 fully saturated rings. The third-order valence-electron chi connectivity index (χ3n) is 3.27. The summed E-state index contributed by atoms with van der Waals surface area (Å²) in [6.07, 6.45) is 1.12. The SMILES string of the molecule is O=C(O)c1ccc([C@@H]2CCCC(F)(F)C2)cc1. The molecule has 4 heteroatoms. The molecule has 1 N–H and O–H groups in total. The minimum absolute atomic E-state index is 0.0310. The summed E-state index contributed by atoms with van der Waals surface area (Å²) in [7, 11) is 0. The molecule has 0 spiro atoms. The van der Waals surface area contributed by atoms with E-state index in [-0.39, 0.29) is 24.3 Å². The van der Waals surface area contributed by atoms with Crippen LogP contribution in [0.15, 0.2) is 24.3 Å². The van der Waals surface area contributed by atoms with Gasteiger partial charge >= 0.3 is 5.97 Å². The maximum atomic E-state index is 13.3. The van der Waals surface area contributed by atoms with Gasteiger partial charge in [-0.3, -0.25) is 0 Å². The maximum absolute atomic E-state index is 13.3. The minimum Gasteiger partial charge on any atom is -0.478 e. The van der Waals surface area contributed by atoms with Crippen molar-refractivity contribution < 1.29 is 18.7 Å². The van der Waals surface area contributed by atoms with Gasteiger partial charge in [-0.05, 0) is 36.5 Å². The summed E-state index contributed by atoms with van der Waals surface area (Å²) in [6, 6.07) is 6.25. The number of hydrogen-bond donors (Lipinski definition) is 1. The summed E-state index contributed by atoms with van der Waals surface area (Å²) in [5.41, 5.74) is 1.01. The molecule has 92 valence electrons. The molecule has 1 aliphatic rings. The molecular weight excluding hydrogens is 226 g/mol. The van der Waals surface area contributed by atoms with Gasteiger partial charge in [0.05, 0.1) is 5.56 Å². The number of carboxylic acid groups (broad SMARTS) is 1. The van der Waals surface area contributed by atoms with Gasteiger partial charge in [0.1, 0.15) is 0 Å². The summed E-state index contributed by atoms with van der Waals surface area (Å²) in [5.74, 6) is -3.72. The van der Waals surface area contributed by atoms with Crippen LogP contribution in [0.25, 0.3) is 0 Å². The fourth-order valence-corrected chi connectivity index (χ4v) is 2.35. The first kappa shape index (κ1) is 12.0. The van der Waals surface area contributed by atoms with E-state index in [1.54, 1.807) is 12.1 Å². The quantitative estimate of drug-likeness (QED) is 0.856. The Balaban J connectivity index is 2.14. The monoisotopic (exact) mass is 240 g/mol. The van der Waals surface area contributed by atoms with Gasteiger partial charge in [-0.25, -0.2) is 13.6 Å². The molecule has 0 heterocycles. The molecule has 0 aliphatic heterocycles. The first-order valence-electron chi connectivity index (χ1n) is 5.69. The third-order valence-corrected chi connectivity index (χ3v) is 3.27. The van der Waals surface area contributed by atoms with Crippen LogP contribution in [0.4, 0.5) is 8.78 Å². The number of carbonyl (C=O) groups is 1. The number of rotatable bonds is 2. The van der Waals surface area contributed by atoms with Crippen molar-refractivity contribution in [3.05, 3.63) is 35.4 Å². The van der Waals surface area contributed by atoms with E-state index in [1.165, 1.54) is 12.1 Å². The molecule has 2 nitrogen and oxygen atoms in total. The highest BCUT2D eigenvalue weighted by molar-refractivity contribution is 5.87. The third kappa shape index (κ3) is 2.81. The molecular formula is C13H14F2O2. The molecule has 1 aliphatic carbocycles. The second-order valence-corrected chi connectivity index (χ2v) is 4.58. The van der Waals surface area contributed by atoms with Gasteiger partial charge in [0.2, 0.25) is 5.92 Å². The van der Waals surface area contributed by atoms with E-state index in [0.29, 0.717) is 6.42 Å². The van der Waals surface area contributed by atoms with Gasteiger partial charge in [-0.15, -0.1) is 0 Å². The molecule has 1 atom stereocenters. The summed E-state index contributed by atoms with van der Waals surface area (Å²) in [4.78, 5) is 10.7. The van der Waals surface area contributed by atoms with E-state index < -0.39 is 11.9 Å². The normalized spacial score (nSPS) is 23.3. The van der Waals surface area contributed by atoms with Crippen LogP contribution in [0.2, 0.25) is 0 Å². The number of carboxylic acids is 1. The average Bonchev–Trinajstić information content (AvgIpc) is 2.28. The smallest absolute Gasteiger partial charge is 0.335 e. The average molecular weight is 240 g/mol. The van der Waals surface area contributed by atoms with Crippen molar-refractivity contribution in [1.82, 2.24) is 0 Å². The van der Waals surface area contributed by atoms with Crippen LogP contribution < -0.4 is 0 Å². The molecule has 2 rings (SSSR count). The van der Waals surface area contributed by atoms with Gasteiger partial charge in [0, 0.05) is 12.8 Å². The molecule has 0 bridgehead atoms. The Hall–Kier alpha value is -1.45. The van der Waals surface area contributed by atoms with Crippen LogP contribution in [-0.4, -0.2) is 17.0 Å². The van der Waals surface area contributed by atoms with Crippen molar-refractivity contribution in [1.29, 1.82) is 0 Å². The van der Waals surface area contributed by atoms with Gasteiger partial charge < -0.3 is 5.11 Å². The van der Waals surface area contributed by atoms with Crippen molar-refractivity contribution in [2.45, 2.75) is 37.5 Å². The second-order valence-electron chi connectivity index (χ2n) is 4.58. The summed E-state index contributed by atoms with van der Waals surface area (Å²) in [6.45, 7) is 0. The van der Waals surface area contributed by atoms with Crippen molar-refractivity contribution >= 4 is 5.97 Å². The highest BCUT2D eigenvalue weighted by atomic mass is 19.3. The van der Waals surface area contributed by atoms with Gasteiger partial charge in [0.15, 0.2) is 0 Å². The maximum Gasteiger partial charge on any atom is 0.335 e. The molecule has 0 saturated heterocycles. The molecule has 0 aromatic heterocycles. The molecule has 0 amide bonds. The lowest BCUT2D eigenvalue weighted by Crippen LogP contribution is -2.24. The highest BCUT2D eigenvalue weighted by Gasteiger charge is 2.36. The molecule has 1 saturated carbocycles. The fraction of sp³-hybridized carbons (Fsp3) is 0.462. The Bertz CT molecular complexity index is 412. The molecule has 0 unspecified atom stereocenters. The van der Waals surface area contributed by atoms with Gasteiger partial charge in [0.25, 0.3) is 0 Å². The summed E-state index contributed by atoms with van der Waals surface area (Å²) >= 11 is 0. The fourth-order valence-electron chi connectivity index (χ4n) is 2.35. The van der Waals surface area contributed by atoms with E-state index in [9.17, 15) is 13.6 Å². The van der Waals surface area contributed by atoms with E-state index in [2.05, 4.69) is 0 Å². The summed E-state index contributed by atoms with van der Waals surface area (Å²) < 4.78 is 26.5. The molecule has 1 aromatic carbocycles. The van der Waals surface area contributed by atoms with Crippen LogP contribution in [0.3, 0.4) is 0 Å². The zero-order chi connectivity index (χ0) is 12.5. The lowest BCUT2D eigenvalue weighted by molar-refractivity contribution is -0.0408. The Labute approximate surface area is 98.3 Å². The highest BCUT2D eigenvalue weighted by Crippen LogP contribution is 2.41. The summed E-state index contributed by atoms with van der Waals surface area (Å²) in [5, 5.41) is 8.75. The Morgan fingerprint density at radius 2 is 1.94 bits per heavy atom. The zero-order valence-corrected chi connectivity index (χ0v) is 9.33. The number of aromatic carboxylic acids is 1. The largest absolute Gasteiger partial charge is 0.478 e. The first-order valence-corrected chi connectivity index (χ1v) is 5.69. The number of halogens is 2. The second kappa shape index (κ2) is 4.43. The topological polar surface area (TPSA) is 37.3 Å². The van der Waals surface area contributed by atoms with E-state index >= 15 is 0 Å². The van der Waals surface area contributed by atoms with Gasteiger partial charge in [-0.1, -0.05) is 12.1 Å². The number of hydrogen-bond acceptors (Lipinski definition) is 1. The standard InChI is InChI=1S/C13H14F2O2/c14-13(15)7-1-2-11(8-13)9-3-5-10(6-4-9)12(16)17/h3-6,11H,1-2,7-8H2,(H,16,17)/t11-/m1/s1. The van der Waals surface area contributed by atoms with Crippen LogP contribution in [-0.2, 0) is 0 Å². The van der Waals surface area contributed by atoms with Crippen molar-refractivity contribution in [3.8, 4) is 0 Å². The first-order chi connectivity index (χ1) is 7.98. The van der Waals surface area contributed by atoms with Crippen molar-refractivity contribution in [3.63, 3.8) is 0 Å². The number of benzene rings is 1. The predicted molar refractivity (Wildman–Crippen MR) is 59.6 cm³/mol. The Morgan fingerprint density at radius 3 is 2.47 bits per heavy atom. The van der Waals surface area contributed by atoms with E-state index in [4.69, 9.17) is 5.11 Å². The van der Waals surface area contributed by atoms with Crippen LogP contribution >= 0.6 is 0 Å². The zero-order valence-electron chi connectivity index (χ0n) is 9.33. The van der Waals surface area contributed by atoms with Crippen molar-refractivity contribution in [2.24, 2.45) is 0 Å². The number of alkyl halides is 2. The Morgan fingerprint density at radius 1 is 1.29 bits per heavy atom. The molecule has 17 heavy (non-hydrogen) atoms.